The molecule has 0 amide bonds. The van der Waals surface area contributed by atoms with Gasteiger partial charge in [-0.3, -0.25) is 0 Å². The number of aliphatic hydroxyl groups excluding tert-OH is 1. The number of rotatable bonds is 4. The van der Waals surface area contributed by atoms with Crippen LogP contribution < -0.4 is 5.32 Å². The Morgan fingerprint density at radius 2 is 2.13 bits per heavy atom. The molecule has 0 bridgehead atoms. The normalized spacial score (nSPS) is 16.7. The topological polar surface area (TPSA) is 58.0 Å². The summed E-state index contributed by atoms with van der Waals surface area (Å²) in [5, 5.41) is 22.9. The summed E-state index contributed by atoms with van der Waals surface area (Å²) in [7, 11) is 0. The van der Waals surface area contributed by atoms with Gasteiger partial charge in [0.2, 0.25) is 0 Å². The number of aliphatic hydroxyl groups is 1. The van der Waals surface area contributed by atoms with Crippen LogP contribution in [-0.4, -0.2) is 28.4 Å². The number of fused-ring (bicyclic) bond motifs is 1. The summed E-state index contributed by atoms with van der Waals surface area (Å²) in [5.41, 5.74) is 2.47. The molecule has 5 heteroatoms. The van der Waals surface area contributed by atoms with Gasteiger partial charge in [-0.05, 0) is 56.5 Å². The number of allylic oxidation sites excluding steroid dienone is 3. The number of hydrogen-bond acceptors (Lipinski definition) is 5. The first-order chi connectivity index (χ1) is 11.1. The summed E-state index contributed by atoms with van der Waals surface area (Å²) in [6, 6.07) is 2.00. The van der Waals surface area contributed by atoms with Gasteiger partial charge in [0.25, 0.3) is 0 Å². The zero-order valence-corrected chi connectivity index (χ0v) is 14.1. The van der Waals surface area contributed by atoms with E-state index in [0.29, 0.717) is 17.2 Å². The second kappa shape index (κ2) is 6.64. The average Bonchev–Trinajstić information content (AvgIpc) is 2.89. The molecule has 1 aliphatic heterocycles. The molecular formula is C18H21N3OS. The van der Waals surface area contributed by atoms with Crippen LogP contribution >= 0.6 is 11.3 Å². The minimum atomic E-state index is -0.0231. The minimum absolute atomic E-state index is 0.0231. The van der Waals surface area contributed by atoms with Crippen molar-refractivity contribution in [3.8, 4) is 0 Å². The first-order valence-corrected chi connectivity index (χ1v) is 8.62. The molecule has 0 aromatic carbocycles. The largest absolute Gasteiger partial charge is 0.508 e. The average molecular weight is 327 g/mol. The third kappa shape index (κ3) is 3.07. The molecule has 3 rings (SSSR count). The maximum atomic E-state index is 9.76. The van der Waals surface area contributed by atoms with Gasteiger partial charge in [-0.2, -0.15) is 0 Å². The summed E-state index contributed by atoms with van der Waals surface area (Å²) < 4.78 is 0. The Kier molecular flexibility index (Phi) is 4.59. The molecule has 0 unspecified atom stereocenters. The van der Waals surface area contributed by atoms with E-state index in [4.69, 9.17) is 0 Å². The molecule has 1 aliphatic rings. The van der Waals surface area contributed by atoms with Crippen LogP contribution in [0.15, 0.2) is 37.1 Å². The second-order valence-corrected chi connectivity index (χ2v) is 6.86. The molecular weight excluding hydrogens is 306 g/mol. The van der Waals surface area contributed by atoms with Crippen molar-refractivity contribution >= 4 is 27.1 Å². The lowest BCUT2D eigenvalue weighted by Crippen LogP contribution is -2.26. The van der Waals surface area contributed by atoms with Crippen LogP contribution in [0.2, 0.25) is 0 Å². The maximum Gasteiger partial charge on any atom is 0.146 e. The Hall–Kier alpha value is -1.98. The van der Waals surface area contributed by atoms with Crippen LogP contribution in [0.25, 0.3) is 15.8 Å². The van der Waals surface area contributed by atoms with Gasteiger partial charge in [0.15, 0.2) is 0 Å². The Bertz CT molecular complexity index is 785. The van der Waals surface area contributed by atoms with Crippen molar-refractivity contribution in [3.05, 3.63) is 53.3 Å². The molecule has 0 saturated carbocycles. The molecule has 0 radical (unpaired) electrons. The summed E-state index contributed by atoms with van der Waals surface area (Å²) in [6.45, 7) is 11.6. The predicted molar refractivity (Wildman–Crippen MR) is 96.9 cm³/mol. The first-order valence-electron chi connectivity index (χ1n) is 7.80. The number of aryl methyl sites for hydroxylation is 1. The van der Waals surface area contributed by atoms with Crippen molar-refractivity contribution in [2.75, 3.05) is 13.1 Å². The van der Waals surface area contributed by atoms with Crippen LogP contribution in [0.4, 0.5) is 0 Å². The highest BCUT2D eigenvalue weighted by molar-refractivity contribution is 7.18. The van der Waals surface area contributed by atoms with Crippen LogP contribution in [0.1, 0.15) is 34.9 Å². The Balaban J connectivity index is 2.06. The van der Waals surface area contributed by atoms with Crippen molar-refractivity contribution in [1.82, 2.24) is 15.5 Å². The van der Waals surface area contributed by atoms with E-state index in [2.05, 4.69) is 35.6 Å². The zero-order chi connectivity index (χ0) is 16.4. The summed E-state index contributed by atoms with van der Waals surface area (Å²) in [6.07, 6.45) is 5.66. The molecule has 2 aromatic rings. The Morgan fingerprint density at radius 1 is 1.39 bits per heavy atom. The summed E-state index contributed by atoms with van der Waals surface area (Å²) in [5.74, 6) is 0.583. The van der Waals surface area contributed by atoms with Crippen molar-refractivity contribution in [2.24, 2.45) is 0 Å². The van der Waals surface area contributed by atoms with E-state index in [0.717, 1.165) is 23.3 Å². The van der Waals surface area contributed by atoms with Gasteiger partial charge in [-0.25, -0.2) is 0 Å². The number of hydrogen-bond donors (Lipinski definition) is 2. The van der Waals surface area contributed by atoms with Gasteiger partial charge in [-0.1, -0.05) is 19.2 Å². The molecule has 2 N–H and O–H groups in total. The molecule has 4 nitrogen and oxygen atoms in total. The SMILES string of the molecule is C=C/C=C(\C(=C)O)c1cc2c(C)c(C3CCNCC3)sc2nn1. The van der Waals surface area contributed by atoms with E-state index in [9.17, 15) is 5.11 Å². The number of piperidine rings is 1. The molecule has 0 atom stereocenters. The highest BCUT2D eigenvalue weighted by Crippen LogP contribution is 2.38. The highest BCUT2D eigenvalue weighted by Gasteiger charge is 2.22. The fraction of sp³-hybridized carbons (Fsp3) is 0.333. The molecule has 2 aromatic heterocycles. The Morgan fingerprint density at radius 3 is 2.78 bits per heavy atom. The minimum Gasteiger partial charge on any atom is -0.508 e. The van der Waals surface area contributed by atoms with E-state index < -0.39 is 0 Å². The maximum absolute atomic E-state index is 9.76. The van der Waals surface area contributed by atoms with Gasteiger partial charge in [-0.15, -0.1) is 21.5 Å². The third-order valence-corrected chi connectivity index (χ3v) is 5.68. The summed E-state index contributed by atoms with van der Waals surface area (Å²) >= 11 is 1.75. The number of aromatic nitrogens is 2. The van der Waals surface area contributed by atoms with Crippen LogP contribution in [0, 0.1) is 6.92 Å². The van der Waals surface area contributed by atoms with Crippen LogP contribution in [0.5, 0.6) is 0 Å². The lowest BCUT2D eigenvalue weighted by atomic mass is 9.93. The molecule has 23 heavy (non-hydrogen) atoms. The smallest absolute Gasteiger partial charge is 0.146 e. The second-order valence-electron chi connectivity index (χ2n) is 5.83. The van der Waals surface area contributed by atoms with E-state index in [1.54, 1.807) is 23.5 Å². The van der Waals surface area contributed by atoms with Crippen LogP contribution in [0.3, 0.4) is 0 Å². The molecule has 1 saturated heterocycles. The van der Waals surface area contributed by atoms with E-state index in [-0.39, 0.29) is 5.76 Å². The number of thiophene rings is 1. The van der Waals surface area contributed by atoms with Gasteiger partial charge in [0.05, 0.1) is 5.69 Å². The lowest BCUT2D eigenvalue weighted by Gasteiger charge is -2.22. The van der Waals surface area contributed by atoms with Crippen LogP contribution in [-0.2, 0) is 0 Å². The lowest BCUT2D eigenvalue weighted by molar-refractivity contribution is 0.440. The molecule has 0 spiro atoms. The molecule has 3 heterocycles. The number of nitrogens with zero attached hydrogens (tertiary/aromatic N) is 2. The quantitative estimate of drug-likeness (QED) is 0.655. The van der Waals surface area contributed by atoms with E-state index >= 15 is 0 Å². The van der Waals surface area contributed by atoms with Gasteiger partial charge < -0.3 is 10.4 Å². The monoisotopic (exact) mass is 327 g/mol. The fourth-order valence-corrected chi connectivity index (χ4v) is 4.37. The predicted octanol–water partition coefficient (Wildman–Crippen LogP) is 4.11. The van der Waals surface area contributed by atoms with E-state index in [1.807, 2.05) is 6.07 Å². The van der Waals surface area contributed by atoms with E-state index in [1.165, 1.54) is 23.3 Å². The van der Waals surface area contributed by atoms with Gasteiger partial charge in [0.1, 0.15) is 10.6 Å². The van der Waals surface area contributed by atoms with Crippen molar-refractivity contribution in [3.63, 3.8) is 0 Å². The summed E-state index contributed by atoms with van der Waals surface area (Å²) in [4.78, 5) is 2.38. The first kappa shape index (κ1) is 15.9. The van der Waals surface area contributed by atoms with Crippen molar-refractivity contribution in [1.29, 1.82) is 0 Å². The zero-order valence-electron chi connectivity index (χ0n) is 13.3. The molecule has 0 aliphatic carbocycles. The van der Waals surface area contributed by atoms with Crippen molar-refractivity contribution < 1.29 is 5.11 Å². The number of nitrogens with one attached hydrogen (secondary N) is 1. The fourth-order valence-electron chi connectivity index (χ4n) is 3.09. The van der Waals surface area contributed by atoms with Crippen molar-refractivity contribution in [2.45, 2.75) is 25.7 Å². The van der Waals surface area contributed by atoms with Gasteiger partial charge >= 0.3 is 0 Å². The third-order valence-electron chi connectivity index (χ3n) is 4.32. The highest BCUT2D eigenvalue weighted by atomic mass is 32.1. The molecule has 120 valence electrons. The Labute approximate surface area is 140 Å². The van der Waals surface area contributed by atoms with Gasteiger partial charge in [0, 0.05) is 15.8 Å². The molecule has 1 fully saturated rings. The standard InChI is InChI=1S/C18H21N3OS/c1-4-5-14(12(3)22)16-10-15-11(2)17(23-18(15)21-20-16)13-6-8-19-9-7-13/h4-5,10,13,19,22H,1,3,6-9H2,2H3/b14-5+.